The fraction of sp³-hybridized carbons (Fsp3) is 0.700. The third-order valence-corrected chi connectivity index (χ3v) is 5.28. The van der Waals surface area contributed by atoms with Gasteiger partial charge in [-0.1, -0.05) is 6.07 Å². The fourth-order valence-corrected chi connectivity index (χ4v) is 3.74. The lowest BCUT2D eigenvalue weighted by Gasteiger charge is -2.45. The first kappa shape index (κ1) is 20.0. The highest BCUT2D eigenvalue weighted by Crippen LogP contribution is 2.36. The molecule has 0 radical (unpaired) electrons. The lowest BCUT2D eigenvalue weighted by molar-refractivity contribution is -0.154. The third-order valence-electron chi connectivity index (χ3n) is 5.28. The van der Waals surface area contributed by atoms with Crippen LogP contribution in [-0.4, -0.2) is 74.1 Å². The quantitative estimate of drug-likeness (QED) is 0.676. The number of piperidine rings is 1. The molecule has 2 aliphatic rings. The van der Waals surface area contributed by atoms with Gasteiger partial charge in [0.05, 0.1) is 25.4 Å². The van der Waals surface area contributed by atoms with Crippen molar-refractivity contribution in [1.82, 2.24) is 9.88 Å². The van der Waals surface area contributed by atoms with Gasteiger partial charge in [-0.25, -0.2) is 4.98 Å². The molecular formula is C20H30N2O5. The van der Waals surface area contributed by atoms with Gasteiger partial charge in [0.15, 0.2) is 0 Å². The number of methoxy groups -OCH3 is 1. The van der Waals surface area contributed by atoms with Crippen molar-refractivity contribution in [1.29, 1.82) is 0 Å². The molecule has 2 fully saturated rings. The molecule has 0 aromatic carbocycles. The number of carbonyl (C=O) groups is 1. The molecule has 7 nitrogen and oxygen atoms in total. The number of likely N-dealkylation sites (tertiary alicyclic amines) is 1. The fourth-order valence-electron chi connectivity index (χ4n) is 3.74. The first-order valence-corrected chi connectivity index (χ1v) is 9.69. The van der Waals surface area contributed by atoms with E-state index in [9.17, 15) is 4.79 Å². The number of rotatable bonds is 7. The summed E-state index contributed by atoms with van der Waals surface area (Å²) in [6.07, 6.45) is 3.48. The van der Waals surface area contributed by atoms with Crippen molar-refractivity contribution in [2.45, 2.75) is 44.3 Å². The third kappa shape index (κ3) is 5.64. The molecule has 3 rings (SSSR count). The molecule has 1 spiro atoms. The second-order valence-electron chi connectivity index (χ2n) is 7.31. The highest BCUT2D eigenvalue weighted by molar-refractivity contribution is 5.77. The van der Waals surface area contributed by atoms with Gasteiger partial charge in [0.1, 0.15) is 12.7 Å². The van der Waals surface area contributed by atoms with E-state index >= 15 is 0 Å². The van der Waals surface area contributed by atoms with Crippen LogP contribution in [0.4, 0.5) is 0 Å². The van der Waals surface area contributed by atoms with E-state index in [4.69, 9.17) is 18.9 Å². The normalized spacial score (nSPS) is 22.0. The van der Waals surface area contributed by atoms with Crippen LogP contribution < -0.4 is 4.74 Å². The highest BCUT2D eigenvalue weighted by Gasteiger charge is 2.42. The molecule has 1 amide bonds. The number of ether oxygens (including phenoxy) is 4. The highest BCUT2D eigenvalue weighted by atomic mass is 16.5. The van der Waals surface area contributed by atoms with E-state index in [1.54, 1.807) is 7.11 Å². The van der Waals surface area contributed by atoms with Crippen molar-refractivity contribution in [3.63, 3.8) is 0 Å². The Labute approximate surface area is 160 Å². The zero-order valence-corrected chi connectivity index (χ0v) is 16.3. The summed E-state index contributed by atoms with van der Waals surface area (Å²) in [4.78, 5) is 18.6. The van der Waals surface area contributed by atoms with Gasteiger partial charge in [0.25, 0.3) is 0 Å². The number of pyridine rings is 1. The van der Waals surface area contributed by atoms with Crippen molar-refractivity contribution >= 4 is 5.91 Å². The Balaban J connectivity index is 1.47. The predicted octanol–water partition coefficient (Wildman–Crippen LogP) is 1.97. The van der Waals surface area contributed by atoms with Crippen LogP contribution in [0.5, 0.6) is 5.88 Å². The Kier molecular flexibility index (Phi) is 7.04. The summed E-state index contributed by atoms with van der Waals surface area (Å²) in [6, 6.07) is 5.83. The number of nitrogens with zero attached hydrogens (tertiary/aromatic N) is 2. The van der Waals surface area contributed by atoms with Gasteiger partial charge in [-0.3, -0.25) is 4.79 Å². The molecule has 1 aromatic rings. The first-order valence-electron chi connectivity index (χ1n) is 9.69. The van der Waals surface area contributed by atoms with Crippen LogP contribution in [0.2, 0.25) is 0 Å². The van der Waals surface area contributed by atoms with Crippen molar-refractivity contribution in [2.75, 3.05) is 46.6 Å². The van der Waals surface area contributed by atoms with E-state index in [2.05, 4.69) is 4.98 Å². The molecule has 2 aliphatic heterocycles. The number of aryl methyl sites for hydroxylation is 1. The molecule has 0 N–H and O–H groups in total. The Morgan fingerprint density at radius 1 is 1.33 bits per heavy atom. The zero-order valence-electron chi connectivity index (χ0n) is 16.3. The topological polar surface area (TPSA) is 70.1 Å². The summed E-state index contributed by atoms with van der Waals surface area (Å²) < 4.78 is 22.5. The first-order chi connectivity index (χ1) is 13.1. The van der Waals surface area contributed by atoms with E-state index in [0.29, 0.717) is 38.8 Å². The molecule has 1 aromatic heterocycles. The molecule has 27 heavy (non-hydrogen) atoms. The summed E-state index contributed by atoms with van der Waals surface area (Å²) >= 11 is 0. The molecule has 3 heterocycles. The van der Waals surface area contributed by atoms with Crippen LogP contribution >= 0.6 is 0 Å². The van der Waals surface area contributed by atoms with Gasteiger partial charge in [0, 0.05) is 44.8 Å². The predicted molar refractivity (Wildman–Crippen MR) is 99.8 cm³/mol. The van der Waals surface area contributed by atoms with Crippen molar-refractivity contribution in [2.24, 2.45) is 0 Å². The van der Waals surface area contributed by atoms with Gasteiger partial charge < -0.3 is 23.8 Å². The SMILES string of the molecule is COCCOCC(=O)N1CCC2(CC1)CC(Oc1cccc(C)n1)CCO2. The molecule has 0 bridgehead atoms. The lowest BCUT2D eigenvalue weighted by atomic mass is 9.83. The van der Waals surface area contributed by atoms with Crippen molar-refractivity contribution in [3.8, 4) is 5.88 Å². The van der Waals surface area contributed by atoms with Crippen molar-refractivity contribution < 1.29 is 23.7 Å². The second-order valence-corrected chi connectivity index (χ2v) is 7.31. The van der Waals surface area contributed by atoms with E-state index < -0.39 is 0 Å². The van der Waals surface area contributed by atoms with Gasteiger partial charge in [-0.15, -0.1) is 0 Å². The number of amides is 1. The maximum Gasteiger partial charge on any atom is 0.248 e. The summed E-state index contributed by atoms with van der Waals surface area (Å²) in [5, 5.41) is 0. The molecule has 1 unspecified atom stereocenters. The lowest BCUT2D eigenvalue weighted by Crippen LogP contribution is -2.53. The Morgan fingerprint density at radius 3 is 2.89 bits per heavy atom. The minimum atomic E-state index is -0.194. The summed E-state index contributed by atoms with van der Waals surface area (Å²) in [5.41, 5.74) is 0.759. The van der Waals surface area contributed by atoms with E-state index in [0.717, 1.165) is 31.4 Å². The van der Waals surface area contributed by atoms with Gasteiger partial charge in [-0.05, 0) is 25.8 Å². The van der Waals surface area contributed by atoms with Gasteiger partial charge in [-0.2, -0.15) is 0 Å². The smallest absolute Gasteiger partial charge is 0.248 e. The van der Waals surface area contributed by atoms with E-state index in [1.807, 2.05) is 30.0 Å². The van der Waals surface area contributed by atoms with Crippen LogP contribution in [0.25, 0.3) is 0 Å². The van der Waals surface area contributed by atoms with Crippen molar-refractivity contribution in [3.05, 3.63) is 23.9 Å². The largest absolute Gasteiger partial charge is 0.474 e. The molecular weight excluding hydrogens is 348 g/mol. The van der Waals surface area contributed by atoms with Gasteiger partial charge in [0.2, 0.25) is 11.8 Å². The maximum absolute atomic E-state index is 12.3. The Bertz CT molecular complexity index is 616. The molecule has 0 saturated carbocycles. The summed E-state index contributed by atoms with van der Waals surface area (Å²) in [6.45, 7) is 5.09. The summed E-state index contributed by atoms with van der Waals surface area (Å²) in [5.74, 6) is 0.714. The van der Waals surface area contributed by atoms with Crippen LogP contribution in [0, 0.1) is 6.92 Å². The maximum atomic E-state index is 12.3. The van der Waals surface area contributed by atoms with Crippen LogP contribution in [0.15, 0.2) is 18.2 Å². The van der Waals surface area contributed by atoms with E-state index in [-0.39, 0.29) is 24.2 Å². The van der Waals surface area contributed by atoms with Crippen LogP contribution in [0.3, 0.4) is 0 Å². The summed E-state index contributed by atoms with van der Waals surface area (Å²) in [7, 11) is 1.62. The molecule has 2 saturated heterocycles. The minimum absolute atomic E-state index is 0.0357. The average Bonchev–Trinajstić information content (AvgIpc) is 2.66. The second kappa shape index (κ2) is 9.48. The average molecular weight is 378 g/mol. The number of aromatic nitrogens is 1. The van der Waals surface area contributed by atoms with Crippen LogP contribution in [0.1, 0.15) is 31.4 Å². The molecule has 0 aliphatic carbocycles. The van der Waals surface area contributed by atoms with Crippen LogP contribution in [-0.2, 0) is 19.0 Å². The van der Waals surface area contributed by atoms with Gasteiger partial charge >= 0.3 is 0 Å². The Hall–Kier alpha value is -1.70. The standard InChI is InChI=1S/C20H30N2O5/c1-16-4-3-5-18(21-16)27-17-6-11-26-20(14-17)7-9-22(10-8-20)19(23)15-25-13-12-24-2/h3-5,17H,6-15H2,1-2H3. The monoisotopic (exact) mass is 378 g/mol. The number of hydrogen-bond acceptors (Lipinski definition) is 6. The number of carbonyl (C=O) groups excluding carboxylic acids is 1. The zero-order chi connectivity index (χ0) is 19.1. The molecule has 150 valence electrons. The Morgan fingerprint density at radius 2 is 2.15 bits per heavy atom. The number of hydrogen-bond donors (Lipinski definition) is 0. The minimum Gasteiger partial charge on any atom is -0.474 e. The van der Waals surface area contributed by atoms with E-state index in [1.165, 1.54) is 0 Å². The molecule has 7 heteroatoms. The molecule has 1 atom stereocenters.